The molecule has 0 aromatic heterocycles. The molecule has 0 unspecified atom stereocenters. The lowest BCUT2D eigenvalue weighted by molar-refractivity contribution is 0.567. The van der Waals surface area contributed by atoms with Crippen molar-refractivity contribution in [2.75, 3.05) is 5.88 Å². The predicted molar refractivity (Wildman–Crippen MR) is 66.5 cm³/mol. The molecule has 0 aliphatic heterocycles. The van der Waals surface area contributed by atoms with Crippen molar-refractivity contribution in [3.63, 3.8) is 0 Å². The Balaban J connectivity index is 2.89. The minimum atomic E-state index is -3.71. The summed E-state index contributed by atoms with van der Waals surface area (Å²) in [6, 6.07) is 7.84. The number of nitrogens with one attached hydrogen (secondary N) is 1. The SMILES string of the molecule is O=S(=O)(NC(Cl)(Cl)CCCl)c1ccccc1. The lowest BCUT2D eigenvalue weighted by Crippen LogP contribution is -2.39. The fraction of sp³-hybridized carbons (Fsp3) is 0.333. The predicted octanol–water partition coefficient (Wildman–Crippen LogP) is 2.73. The molecular formula is C9H10Cl3NO2S. The number of hydrogen-bond donors (Lipinski definition) is 1. The quantitative estimate of drug-likeness (QED) is 0.671. The third-order valence-electron chi connectivity index (χ3n) is 1.75. The van der Waals surface area contributed by atoms with Gasteiger partial charge in [0, 0.05) is 12.3 Å². The van der Waals surface area contributed by atoms with Crippen molar-refractivity contribution in [3.05, 3.63) is 30.3 Å². The topological polar surface area (TPSA) is 46.2 Å². The van der Waals surface area contributed by atoms with Gasteiger partial charge in [0.25, 0.3) is 0 Å². The highest BCUT2D eigenvalue weighted by atomic mass is 35.5. The molecule has 0 radical (unpaired) electrons. The number of benzene rings is 1. The van der Waals surface area contributed by atoms with Gasteiger partial charge < -0.3 is 0 Å². The van der Waals surface area contributed by atoms with Crippen LogP contribution in [-0.4, -0.2) is 18.8 Å². The van der Waals surface area contributed by atoms with Crippen LogP contribution in [0.2, 0.25) is 0 Å². The van der Waals surface area contributed by atoms with Gasteiger partial charge >= 0.3 is 0 Å². The maximum absolute atomic E-state index is 11.8. The van der Waals surface area contributed by atoms with Crippen molar-refractivity contribution in [3.8, 4) is 0 Å². The molecule has 1 aromatic rings. The second kappa shape index (κ2) is 5.56. The molecule has 0 aliphatic rings. The zero-order valence-electron chi connectivity index (χ0n) is 8.16. The average Bonchev–Trinajstić information content (AvgIpc) is 2.17. The van der Waals surface area contributed by atoms with E-state index in [1.807, 2.05) is 0 Å². The number of halogens is 3. The molecule has 0 saturated heterocycles. The Morgan fingerprint density at radius 1 is 1.19 bits per heavy atom. The molecule has 0 atom stereocenters. The van der Waals surface area contributed by atoms with Crippen molar-refractivity contribution < 1.29 is 8.42 Å². The van der Waals surface area contributed by atoms with E-state index < -0.39 is 14.5 Å². The third kappa shape index (κ3) is 4.11. The van der Waals surface area contributed by atoms with Crippen LogP contribution in [0.1, 0.15) is 6.42 Å². The Morgan fingerprint density at radius 3 is 2.25 bits per heavy atom. The standard InChI is InChI=1S/C9H10Cl3NO2S/c10-7-6-9(11,12)13-16(14,15)8-4-2-1-3-5-8/h1-5,13H,6-7H2. The molecule has 0 saturated carbocycles. The molecule has 0 heterocycles. The van der Waals surface area contributed by atoms with Gasteiger partial charge in [0.05, 0.1) is 4.90 Å². The Morgan fingerprint density at radius 2 is 1.75 bits per heavy atom. The molecule has 1 N–H and O–H groups in total. The van der Waals surface area contributed by atoms with Crippen molar-refractivity contribution >= 4 is 44.8 Å². The van der Waals surface area contributed by atoms with Crippen LogP contribution in [0.15, 0.2) is 35.2 Å². The molecule has 0 spiro atoms. The Kier molecular flexibility index (Phi) is 4.88. The number of sulfonamides is 1. The first-order valence-corrected chi connectivity index (χ1v) is 7.17. The zero-order chi connectivity index (χ0) is 12.2. The number of alkyl halides is 3. The normalized spacial score (nSPS) is 12.7. The van der Waals surface area contributed by atoms with Crippen LogP contribution in [-0.2, 0) is 10.0 Å². The summed E-state index contributed by atoms with van der Waals surface area (Å²) >= 11 is 17.0. The van der Waals surface area contributed by atoms with Crippen molar-refractivity contribution in [2.24, 2.45) is 0 Å². The molecule has 7 heteroatoms. The van der Waals surface area contributed by atoms with E-state index in [-0.39, 0.29) is 17.2 Å². The van der Waals surface area contributed by atoms with Gasteiger partial charge in [-0.1, -0.05) is 41.4 Å². The van der Waals surface area contributed by atoms with E-state index in [1.165, 1.54) is 12.1 Å². The van der Waals surface area contributed by atoms with Gasteiger partial charge in [-0.2, -0.15) is 4.72 Å². The Bertz CT molecular complexity index is 433. The summed E-state index contributed by atoms with van der Waals surface area (Å²) in [6.45, 7) is 0. The summed E-state index contributed by atoms with van der Waals surface area (Å²) in [6.07, 6.45) is 0.115. The summed E-state index contributed by atoms with van der Waals surface area (Å²) in [5, 5.41) is 0. The van der Waals surface area contributed by atoms with Crippen LogP contribution >= 0.6 is 34.8 Å². The maximum atomic E-state index is 11.8. The fourth-order valence-electron chi connectivity index (χ4n) is 1.02. The van der Waals surface area contributed by atoms with Crippen LogP contribution in [0, 0.1) is 0 Å². The monoisotopic (exact) mass is 301 g/mol. The lowest BCUT2D eigenvalue weighted by Gasteiger charge is -2.19. The highest BCUT2D eigenvalue weighted by molar-refractivity contribution is 7.89. The van der Waals surface area contributed by atoms with Gasteiger partial charge in [0.15, 0.2) is 4.46 Å². The molecule has 0 fully saturated rings. The molecular weight excluding hydrogens is 293 g/mol. The van der Waals surface area contributed by atoms with Gasteiger partial charge in [0.1, 0.15) is 0 Å². The van der Waals surface area contributed by atoms with Crippen molar-refractivity contribution in [1.29, 1.82) is 0 Å². The summed E-state index contributed by atoms with van der Waals surface area (Å²) in [4.78, 5) is 0.107. The van der Waals surface area contributed by atoms with Gasteiger partial charge in [-0.05, 0) is 12.1 Å². The summed E-state index contributed by atoms with van der Waals surface area (Å²) in [5.41, 5.74) is 0. The second-order valence-corrected chi connectivity index (χ2v) is 6.61. The molecule has 0 amide bonds. The second-order valence-electron chi connectivity index (χ2n) is 3.06. The molecule has 0 aliphatic carbocycles. The van der Waals surface area contributed by atoms with E-state index in [1.54, 1.807) is 18.2 Å². The number of rotatable bonds is 5. The first kappa shape index (κ1) is 14.1. The van der Waals surface area contributed by atoms with Gasteiger partial charge in [0.2, 0.25) is 10.0 Å². The van der Waals surface area contributed by atoms with Crippen molar-refractivity contribution in [1.82, 2.24) is 4.72 Å². The first-order valence-electron chi connectivity index (χ1n) is 4.40. The highest BCUT2D eigenvalue weighted by Gasteiger charge is 2.30. The van der Waals surface area contributed by atoms with Crippen LogP contribution in [0.5, 0.6) is 0 Å². The smallest absolute Gasteiger partial charge is 0.207 e. The molecule has 16 heavy (non-hydrogen) atoms. The van der Waals surface area contributed by atoms with Gasteiger partial charge in [-0.3, -0.25) is 0 Å². The van der Waals surface area contributed by atoms with Crippen LogP contribution < -0.4 is 4.72 Å². The molecule has 1 aromatic carbocycles. The molecule has 1 rings (SSSR count). The molecule has 0 bridgehead atoms. The van der Waals surface area contributed by atoms with Gasteiger partial charge in [-0.15, -0.1) is 11.6 Å². The van der Waals surface area contributed by atoms with Crippen LogP contribution in [0.4, 0.5) is 0 Å². The van der Waals surface area contributed by atoms with E-state index >= 15 is 0 Å². The Labute approximate surface area is 110 Å². The first-order chi connectivity index (χ1) is 7.37. The summed E-state index contributed by atoms with van der Waals surface area (Å²) in [5.74, 6) is 0.157. The maximum Gasteiger partial charge on any atom is 0.243 e. The highest BCUT2D eigenvalue weighted by Crippen LogP contribution is 2.25. The van der Waals surface area contributed by atoms with E-state index in [0.29, 0.717) is 0 Å². The minimum Gasteiger partial charge on any atom is -0.207 e. The molecule has 90 valence electrons. The van der Waals surface area contributed by atoms with E-state index in [2.05, 4.69) is 4.72 Å². The van der Waals surface area contributed by atoms with Gasteiger partial charge in [-0.25, -0.2) is 8.42 Å². The summed E-state index contributed by atoms with van der Waals surface area (Å²) < 4.78 is 24.2. The van der Waals surface area contributed by atoms with Crippen LogP contribution in [0.25, 0.3) is 0 Å². The summed E-state index contributed by atoms with van der Waals surface area (Å²) in [7, 11) is -3.71. The van der Waals surface area contributed by atoms with Crippen LogP contribution in [0.3, 0.4) is 0 Å². The largest absolute Gasteiger partial charge is 0.243 e. The number of hydrogen-bond acceptors (Lipinski definition) is 2. The minimum absolute atomic E-state index is 0.107. The van der Waals surface area contributed by atoms with E-state index in [4.69, 9.17) is 34.8 Å². The Hall–Kier alpha value is -0.000000000000000222. The van der Waals surface area contributed by atoms with E-state index in [0.717, 1.165) is 0 Å². The average molecular weight is 303 g/mol. The zero-order valence-corrected chi connectivity index (χ0v) is 11.2. The third-order valence-corrected chi connectivity index (χ3v) is 4.24. The van der Waals surface area contributed by atoms with Crippen molar-refractivity contribution in [2.45, 2.75) is 15.8 Å². The van der Waals surface area contributed by atoms with E-state index in [9.17, 15) is 8.42 Å². The molecule has 3 nitrogen and oxygen atoms in total. The lowest BCUT2D eigenvalue weighted by atomic mass is 10.4. The fourth-order valence-corrected chi connectivity index (χ4v) is 3.43.